The predicted octanol–water partition coefficient (Wildman–Crippen LogP) is 2.96. The molecule has 0 heterocycles. The molecule has 0 saturated heterocycles. The number of benzene rings is 2. The van der Waals surface area contributed by atoms with E-state index in [4.69, 9.17) is 5.73 Å². The number of nitrogens with two attached hydrogens (primary N) is 1. The molecule has 0 aliphatic carbocycles. The molecular weight excluding hydrogens is 290 g/mol. The van der Waals surface area contributed by atoms with Crippen LogP contribution in [0.25, 0.3) is 0 Å². The molecule has 0 bridgehead atoms. The van der Waals surface area contributed by atoms with Gasteiger partial charge in [0.05, 0.1) is 17.8 Å². The van der Waals surface area contributed by atoms with E-state index < -0.39 is 5.91 Å². The number of hydrogen-bond acceptors (Lipinski definition) is 3. The molecule has 5 nitrogen and oxygen atoms in total. The fourth-order valence-electron chi connectivity index (χ4n) is 2.34. The molecule has 0 unspecified atom stereocenters. The molecule has 0 aliphatic rings. The Morgan fingerprint density at radius 1 is 1.00 bits per heavy atom. The lowest BCUT2D eigenvalue weighted by Gasteiger charge is -2.15. The Balaban J connectivity index is 2.03. The molecule has 2 aromatic rings. The highest BCUT2D eigenvalue weighted by Gasteiger charge is 2.11. The number of carbonyl (C=O) groups excluding carboxylic acids is 2. The molecule has 0 radical (unpaired) electrons. The van der Waals surface area contributed by atoms with E-state index in [9.17, 15) is 9.59 Å². The Kier molecular flexibility index (Phi) is 5.36. The van der Waals surface area contributed by atoms with E-state index in [1.165, 1.54) is 0 Å². The van der Waals surface area contributed by atoms with Crippen molar-refractivity contribution < 1.29 is 9.59 Å². The Morgan fingerprint density at radius 2 is 1.61 bits per heavy atom. The van der Waals surface area contributed by atoms with Gasteiger partial charge in [0.15, 0.2) is 0 Å². The molecule has 5 heteroatoms. The van der Waals surface area contributed by atoms with Gasteiger partial charge in [0, 0.05) is 5.69 Å². The maximum absolute atomic E-state index is 12.1. The Morgan fingerprint density at radius 3 is 2.26 bits per heavy atom. The summed E-state index contributed by atoms with van der Waals surface area (Å²) in [5, 5.41) is 5.84. The second kappa shape index (κ2) is 7.45. The van der Waals surface area contributed by atoms with Gasteiger partial charge in [-0.25, -0.2) is 0 Å². The van der Waals surface area contributed by atoms with Crippen molar-refractivity contribution in [2.24, 2.45) is 5.73 Å². The van der Waals surface area contributed by atoms with Gasteiger partial charge in [0.2, 0.25) is 5.91 Å². The summed E-state index contributed by atoms with van der Waals surface area (Å²) in [7, 11) is 0. The van der Waals surface area contributed by atoms with Crippen molar-refractivity contribution in [3.63, 3.8) is 0 Å². The van der Waals surface area contributed by atoms with E-state index in [1.807, 2.05) is 24.3 Å². The van der Waals surface area contributed by atoms with Gasteiger partial charge in [-0.2, -0.15) is 0 Å². The fourth-order valence-corrected chi connectivity index (χ4v) is 2.34. The van der Waals surface area contributed by atoms with Crippen molar-refractivity contribution in [1.82, 2.24) is 0 Å². The number of primary amides is 1. The standard InChI is InChI=1S/C18H21N3O2/c1-12(2)13-7-3-5-9-15(13)20-11-17(22)21-16-10-6-4-8-14(16)18(19)23/h3-10,12,20H,11H2,1-2H3,(H2,19,23)(H,21,22). The minimum absolute atomic E-state index is 0.108. The third-order valence-corrected chi connectivity index (χ3v) is 3.49. The van der Waals surface area contributed by atoms with Crippen LogP contribution in [0.4, 0.5) is 11.4 Å². The highest BCUT2D eigenvalue weighted by molar-refractivity contribution is 6.03. The summed E-state index contributed by atoms with van der Waals surface area (Å²) < 4.78 is 0. The van der Waals surface area contributed by atoms with Gasteiger partial charge in [-0.05, 0) is 29.7 Å². The number of carbonyl (C=O) groups is 2. The first-order valence-corrected chi connectivity index (χ1v) is 7.50. The van der Waals surface area contributed by atoms with Gasteiger partial charge in [0.25, 0.3) is 5.91 Å². The van der Waals surface area contributed by atoms with Crippen LogP contribution in [0.15, 0.2) is 48.5 Å². The molecule has 0 spiro atoms. The quantitative estimate of drug-likeness (QED) is 0.767. The predicted molar refractivity (Wildman–Crippen MR) is 92.6 cm³/mol. The van der Waals surface area contributed by atoms with E-state index >= 15 is 0 Å². The lowest BCUT2D eigenvalue weighted by atomic mass is 10.0. The monoisotopic (exact) mass is 311 g/mol. The molecule has 0 aliphatic heterocycles. The fraction of sp³-hybridized carbons (Fsp3) is 0.222. The molecule has 4 N–H and O–H groups in total. The molecule has 0 saturated carbocycles. The average Bonchev–Trinajstić information content (AvgIpc) is 2.53. The second-order valence-electron chi connectivity index (χ2n) is 5.55. The van der Waals surface area contributed by atoms with Gasteiger partial charge >= 0.3 is 0 Å². The van der Waals surface area contributed by atoms with E-state index in [0.29, 0.717) is 17.2 Å². The summed E-state index contributed by atoms with van der Waals surface area (Å²) in [5.74, 6) is -0.450. The minimum Gasteiger partial charge on any atom is -0.376 e. The Labute approximate surface area is 135 Å². The van der Waals surface area contributed by atoms with Crippen molar-refractivity contribution in [1.29, 1.82) is 0 Å². The highest BCUT2D eigenvalue weighted by Crippen LogP contribution is 2.23. The number of amides is 2. The van der Waals surface area contributed by atoms with Crippen LogP contribution in [0.3, 0.4) is 0 Å². The van der Waals surface area contributed by atoms with Crippen LogP contribution in [0.2, 0.25) is 0 Å². The zero-order valence-electron chi connectivity index (χ0n) is 13.3. The normalized spacial score (nSPS) is 10.4. The summed E-state index contributed by atoms with van der Waals surface area (Å²) in [6.07, 6.45) is 0. The molecule has 0 aromatic heterocycles. The molecule has 23 heavy (non-hydrogen) atoms. The summed E-state index contributed by atoms with van der Waals surface area (Å²) in [4.78, 5) is 23.5. The van der Waals surface area contributed by atoms with Crippen LogP contribution >= 0.6 is 0 Å². The number of nitrogens with one attached hydrogen (secondary N) is 2. The second-order valence-corrected chi connectivity index (χ2v) is 5.55. The van der Waals surface area contributed by atoms with E-state index in [1.54, 1.807) is 24.3 Å². The minimum atomic E-state index is -0.570. The molecule has 120 valence electrons. The van der Waals surface area contributed by atoms with Crippen LogP contribution < -0.4 is 16.4 Å². The maximum Gasteiger partial charge on any atom is 0.250 e. The molecule has 0 atom stereocenters. The van der Waals surface area contributed by atoms with Crippen molar-refractivity contribution in [2.45, 2.75) is 19.8 Å². The molecule has 2 rings (SSSR count). The molecule has 2 amide bonds. The van der Waals surface area contributed by atoms with Gasteiger partial charge < -0.3 is 16.4 Å². The first kappa shape index (κ1) is 16.5. The lowest BCUT2D eigenvalue weighted by Crippen LogP contribution is -2.24. The summed E-state index contributed by atoms with van der Waals surface area (Å²) in [5.41, 5.74) is 8.10. The SMILES string of the molecule is CC(C)c1ccccc1NCC(=O)Nc1ccccc1C(N)=O. The van der Waals surface area contributed by atoms with Crippen molar-refractivity contribution in [3.05, 3.63) is 59.7 Å². The first-order valence-electron chi connectivity index (χ1n) is 7.50. The summed E-state index contributed by atoms with van der Waals surface area (Å²) >= 11 is 0. The molecular formula is C18H21N3O2. The van der Waals surface area contributed by atoms with Crippen molar-refractivity contribution in [3.8, 4) is 0 Å². The maximum atomic E-state index is 12.1. The highest BCUT2D eigenvalue weighted by atomic mass is 16.2. The summed E-state index contributed by atoms with van der Waals surface area (Å²) in [6, 6.07) is 14.6. The molecule has 0 fully saturated rings. The van der Waals surface area contributed by atoms with Crippen molar-refractivity contribution in [2.75, 3.05) is 17.2 Å². The molecule has 2 aromatic carbocycles. The number of para-hydroxylation sites is 2. The number of anilines is 2. The van der Waals surface area contributed by atoms with Crippen LogP contribution in [0.1, 0.15) is 35.7 Å². The van der Waals surface area contributed by atoms with Gasteiger partial charge in [-0.3, -0.25) is 9.59 Å². The van der Waals surface area contributed by atoms with Crippen LogP contribution in [0.5, 0.6) is 0 Å². The largest absolute Gasteiger partial charge is 0.376 e. The van der Waals surface area contributed by atoms with Gasteiger partial charge in [-0.15, -0.1) is 0 Å². The zero-order chi connectivity index (χ0) is 16.8. The van der Waals surface area contributed by atoms with Gasteiger partial charge in [-0.1, -0.05) is 44.2 Å². The van der Waals surface area contributed by atoms with Crippen LogP contribution in [-0.4, -0.2) is 18.4 Å². The van der Waals surface area contributed by atoms with Gasteiger partial charge in [0.1, 0.15) is 0 Å². The summed E-state index contributed by atoms with van der Waals surface area (Å²) in [6.45, 7) is 4.31. The third kappa shape index (κ3) is 4.32. The third-order valence-electron chi connectivity index (χ3n) is 3.49. The van der Waals surface area contributed by atoms with E-state index in [0.717, 1.165) is 11.3 Å². The topological polar surface area (TPSA) is 84.2 Å². The Bertz CT molecular complexity index is 711. The number of rotatable bonds is 6. The van der Waals surface area contributed by atoms with Crippen molar-refractivity contribution >= 4 is 23.2 Å². The van der Waals surface area contributed by atoms with Crippen LogP contribution in [0, 0.1) is 0 Å². The van der Waals surface area contributed by atoms with Crippen LogP contribution in [-0.2, 0) is 4.79 Å². The van der Waals surface area contributed by atoms with E-state index in [2.05, 4.69) is 24.5 Å². The van der Waals surface area contributed by atoms with E-state index in [-0.39, 0.29) is 12.5 Å². The lowest BCUT2D eigenvalue weighted by molar-refractivity contribution is -0.114. The number of hydrogen-bond donors (Lipinski definition) is 3. The smallest absolute Gasteiger partial charge is 0.250 e. The Hall–Kier alpha value is -2.82. The first-order chi connectivity index (χ1) is 11.0. The average molecular weight is 311 g/mol. The zero-order valence-corrected chi connectivity index (χ0v) is 13.3.